The van der Waals surface area contributed by atoms with E-state index in [0.717, 1.165) is 27.9 Å². The van der Waals surface area contributed by atoms with Crippen molar-refractivity contribution in [3.05, 3.63) is 26.9 Å². The van der Waals surface area contributed by atoms with Crippen molar-refractivity contribution in [2.45, 2.75) is 25.3 Å². The minimum atomic E-state index is -0.779. The molecule has 1 heterocycles. The minimum absolute atomic E-state index is 0.205. The van der Waals surface area contributed by atoms with E-state index in [-0.39, 0.29) is 17.9 Å². The largest absolute Gasteiger partial charge is 0.481 e. The molecule has 0 radical (unpaired) electrons. The Morgan fingerprint density at radius 2 is 2.10 bits per heavy atom. The van der Waals surface area contributed by atoms with Crippen LogP contribution in [0.1, 0.15) is 24.1 Å². The highest BCUT2D eigenvalue weighted by molar-refractivity contribution is 9.11. The summed E-state index contributed by atoms with van der Waals surface area (Å²) in [7, 11) is 0. The average molecular weight is 370 g/mol. The number of carbonyl (C=O) groups is 2. The molecule has 2 bridgehead atoms. The van der Waals surface area contributed by atoms with Gasteiger partial charge in [0.15, 0.2) is 0 Å². The molecule has 0 saturated heterocycles. The molecular formula is C15H16BrNO3S. The normalized spacial score (nSPS) is 30.9. The van der Waals surface area contributed by atoms with Crippen molar-refractivity contribution >= 4 is 45.2 Å². The maximum Gasteiger partial charge on any atom is 0.308 e. The van der Waals surface area contributed by atoms with Crippen LogP contribution in [0.4, 0.5) is 0 Å². The lowest BCUT2D eigenvalue weighted by atomic mass is 9.84. The zero-order valence-corrected chi connectivity index (χ0v) is 13.7. The van der Waals surface area contributed by atoms with Gasteiger partial charge in [-0.25, -0.2) is 0 Å². The SMILES string of the molecule is O=C(C=Cc1ccc(Br)s1)NC1C2CCC(C2)C1C(=O)O. The molecule has 1 aromatic heterocycles. The van der Waals surface area contributed by atoms with Crippen LogP contribution in [0, 0.1) is 17.8 Å². The van der Waals surface area contributed by atoms with Gasteiger partial charge in [0, 0.05) is 17.0 Å². The lowest BCUT2D eigenvalue weighted by molar-refractivity contribution is -0.144. The Labute approximate surface area is 135 Å². The van der Waals surface area contributed by atoms with E-state index in [1.54, 1.807) is 17.4 Å². The van der Waals surface area contributed by atoms with E-state index in [9.17, 15) is 14.7 Å². The van der Waals surface area contributed by atoms with Gasteiger partial charge in [-0.1, -0.05) is 0 Å². The molecule has 2 N–H and O–H groups in total. The summed E-state index contributed by atoms with van der Waals surface area (Å²) in [5.41, 5.74) is 0. The van der Waals surface area contributed by atoms with E-state index in [1.165, 1.54) is 6.08 Å². The van der Waals surface area contributed by atoms with Crippen molar-refractivity contribution in [3.63, 3.8) is 0 Å². The maximum absolute atomic E-state index is 12.0. The molecule has 0 spiro atoms. The lowest BCUT2D eigenvalue weighted by Crippen LogP contribution is -2.46. The summed E-state index contributed by atoms with van der Waals surface area (Å²) in [6, 6.07) is 3.64. The van der Waals surface area contributed by atoms with Gasteiger partial charge in [-0.2, -0.15) is 0 Å². The quantitative estimate of drug-likeness (QED) is 0.801. The Bertz CT molecular complexity index is 597. The first-order valence-electron chi connectivity index (χ1n) is 7.01. The summed E-state index contributed by atoms with van der Waals surface area (Å²) < 4.78 is 1.02. The number of nitrogens with one attached hydrogen (secondary N) is 1. The van der Waals surface area contributed by atoms with Crippen molar-refractivity contribution < 1.29 is 14.7 Å². The van der Waals surface area contributed by atoms with Crippen molar-refractivity contribution in [2.75, 3.05) is 0 Å². The first-order valence-corrected chi connectivity index (χ1v) is 8.62. The summed E-state index contributed by atoms with van der Waals surface area (Å²) >= 11 is 4.92. The molecule has 4 unspecified atom stereocenters. The van der Waals surface area contributed by atoms with Crippen molar-refractivity contribution in [2.24, 2.45) is 17.8 Å². The highest BCUT2D eigenvalue weighted by Crippen LogP contribution is 2.48. The van der Waals surface area contributed by atoms with E-state index in [4.69, 9.17) is 0 Å². The van der Waals surface area contributed by atoms with Crippen LogP contribution in [0.5, 0.6) is 0 Å². The third-order valence-corrected chi connectivity index (χ3v) is 6.09. The Balaban J connectivity index is 1.64. The van der Waals surface area contributed by atoms with Gasteiger partial charge in [-0.05, 0) is 65.2 Å². The Hall–Kier alpha value is -1.14. The monoisotopic (exact) mass is 369 g/mol. The number of rotatable bonds is 4. The summed E-state index contributed by atoms with van der Waals surface area (Å²) in [5.74, 6) is -0.849. The molecule has 21 heavy (non-hydrogen) atoms. The molecule has 2 aliphatic carbocycles. The van der Waals surface area contributed by atoms with Crippen LogP contribution in [0.2, 0.25) is 0 Å². The minimum Gasteiger partial charge on any atom is -0.481 e. The molecule has 1 amide bonds. The molecular weight excluding hydrogens is 354 g/mol. The molecule has 2 saturated carbocycles. The number of carboxylic acid groups (broad SMARTS) is 1. The second-order valence-electron chi connectivity index (χ2n) is 5.71. The fourth-order valence-electron chi connectivity index (χ4n) is 3.64. The summed E-state index contributed by atoms with van der Waals surface area (Å²) in [6.45, 7) is 0. The zero-order chi connectivity index (χ0) is 15.0. The highest BCUT2D eigenvalue weighted by atomic mass is 79.9. The predicted octanol–water partition coefficient (Wildman–Crippen LogP) is 3.14. The predicted molar refractivity (Wildman–Crippen MR) is 84.9 cm³/mol. The van der Waals surface area contributed by atoms with Crippen LogP contribution in [-0.4, -0.2) is 23.0 Å². The Morgan fingerprint density at radius 1 is 1.33 bits per heavy atom. The number of halogens is 1. The molecule has 6 heteroatoms. The second kappa shape index (κ2) is 5.93. The number of hydrogen-bond acceptors (Lipinski definition) is 3. The van der Waals surface area contributed by atoms with E-state index in [2.05, 4.69) is 21.2 Å². The van der Waals surface area contributed by atoms with Gasteiger partial charge in [-0.3, -0.25) is 9.59 Å². The molecule has 4 atom stereocenters. The molecule has 0 aliphatic heterocycles. The molecule has 3 rings (SSSR count). The number of amides is 1. The van der Waals surface area contributed by atoms with Crippen molar-refractivity contribution in [3.8, 4) is 0 Å². The fraction of sp³-hybridized carbons (Fsp3) is 0.467. The molecule has 1 aromatic rings. The maximum atomic E-state index is 12.0. The van der Waals surface area contributed by atoms with Crippen LogP contribution >= 0.6 is 27.3 Å². The third kappa shape index (κ3) is 3.06. The van der Waals surface area contributed by atoms with Crippen LogP contribution < -0.4 is 5.32 Å². The second-order valence-corrected chi connectivity index (χ2v) is 8.20. The molecule has 2 aliphatic rings. The van der Waals surface area contributed by atoms with E-state index >= 15 is 0 Å². The van der Waals surface area contributed by atoms with Gasteiger partial charge < -0.3 is 10.4 Å². The van der Waals surface area contributed by atoms with Gasteiger partial charge in [0.25, 0.3) is 0 Å². The molecule has 2 fully saturated rings. The number of hydrogen-bond donors (Lipinski definition) is 2. The van der Waals surface area contributed by atoms with Gasteiger partial charge in [0.05, 0.1) is 9.70 Å². The average Bonchev–Trinajstić information content (AvgIpc) is 3.11. The van der Waals surface area contributed by atoms with Crippen molar-refractivity contribution in [1.82, 2.24) is 5.32 Å². The number of aliphatic carboxylic acids is 1. The van der Waals surface area contributed by atoms with Gasteiger partial charge in [0.1, 0.15) is 0 Å². The first kappa shape index (κ1) is 14.8. The number of carboxylic acids is 1. The third-order valence-electron chi connectivity index (χ3n) is 4.50. The lowest BCUT2D eigenvalue weighted by Gasteiger charge is -2.28. The molecule has 4 nitrogen and oxygen atoms in total. The zero-order valence-electron chi connectivity index (χ0n) is 11.3. The van der Waals surface area contributed by atoms with E-state index < -0.39 is 11.9 Å². The number of fused-ring (bicyclic) bond motifs is 2. The van der Waals surface area contributed by atoms with Crippen LogP contribution in [0.15, 0.2) is 22.0 Å². The van der Waals surface area contributed by atoms with Crippen LogP contribution in [0.25, 0.3) is 6.08 Å². The van der Waals surface area contributed by atoms with Crippen molar-refractivity contribution in [1.29, 1.82) is 0 Å². The van der Waals surface area contributed by atoms with E-state index in [1.807, 2.05) is 12.1 Å². The Morgan fingerprint density at radius 3 is 2.76 bits per heavy atom. The fourth-order valence-corrected chi connectivity index (χ4v) is 4.97. The molecule has 0 aromatic carbocycles. The van der Waals surface area contributed by atoms with Crippen LogP contribution in [0.3, 0.4) is 0 Å². The van der Waals surface area contributed by atoms with Gasteiger partial charge in [0.2, 0.25) is 5.91 Å². The van der Waals surface area contributed by atoms with Crippen LogP contribution in [-0.2, 0) is 9.59 Å². The number of carbonyl (C=O) groups excluding carboxylic acids is 1. The first-order chi connectivity index (χ1) is 10.0. The summed E-state index contributed by atoms with van der Waals surface area (Å²) in [4.78, 5) is 24.4. The van der Waals surface area contributed by atoms with E-state index in [0.29, 0.717) is 5.92 Å². The number of thiophene rings is 1. The summed E-state index contributed by atoms with van der Waals surface area (Å²) in [5, 5.41) is 12.3. The summed E-state index contributed by atoms with van der Waals surface area (Å²) in [6.07, 6.45) is 6.19. The van der Waals surface area contributed by atoms with Gasteiger partial charge in [-0.15, -0.1) is 11.3 Å². The molecule has 112 valence electrons. The van der Waals surface area contributed by atoms with Gasteiger partial charge >= 0.3 is 5.97 Å². The smallest absolute Gasteiger partial charge is 0.308 e. The Kier molecular flexibility index (Phi) is 4.17. The topological polar surface area (TPSA) is 66.4 Å². The standard InChI is InChI=1S/C15H16BrNO3S/c16-11-5-3-10(21-11)4-6-12(18)17-14-9-2-1-8(7-9)13(14)15(19)20/h3-6,8-9,13-14H,1-2,7H2,(H,17,18)(H,19,20). The highest BCUT2D eigenvalue weighted by Gasteiger charge is 2.51.